The first-order chi connectivity index (χ1) is 8.55. The van der Waals surface area contributed by atoms with Crippen LogP contribution in [0.3, 0.4) is 0 Å². The zero-order valence-corrected chi connectivity index (χ0v) is 11.5. The smallest absolute Gasteiger partial charge is 0.0403 e. The molecule has 1 aromatic rings. The number of rotatable bonds is 3. The number of anilines is 1. The number of hydrogen-bond acceptors (Lipinski definition) is 2. The fraction of sp³-hybridized carbons (Fsp3) is 0.625. The Balaban J connectivity index is 1.86. The third-order valence-electron chi connectivity index (χ3n) is 4.66. The van der Waals surface area contributed by atoms with Gasteiger partial charge in [0.25, 0.3) is 0 Å². The normalized spacial score (nSPS) is 23.9. The van der Waals surface area contributed by atoms with Crippen molar-refractivity contribution >= 4 is 5.69 Å². The van der Waals surface area contributed by atoms with Crippen LogP contribution in [-0.4, -0.2) is 18.6 Å². The number of benzene rings is 1. The first kappa shape index (κ1) is 12.0. The van der Waals surface area contributed by atoms with E-state index in [4.69, 9.17) is 5.73 Å². The molecule has 1 atom stereocenters. The Morgan fingerprint density at radius 2 is 2.00 bits per heavy atom. The van der Waals surface area contributed by atoms with Crippen LogP contribution in [0.1, 0.15) is 44.6 Å². The van der Waals surface area contributed by atoms with Gasteiger partial charge in [-0.3, -0.25) is 0 Å². The molecule has 1 aromatic carbocycles. The average molecular weight is 244 g/mol. The molecule has 2 nitrogen and oxygen atoms in total. The van der Waals surface area contributed by atoms with Crippen molar-refractivity contribution in [2.75, 3.05) is 18.0 Å². The van der Waals surface area contributed by atoms with Crippen molar-refractivity contribution in [3.63, 3.8) is 0 Å². The molecule has 3 rings (SSSR count). The molecule has 2 aliphatic rings. The van der Waals surface area contributed by atoms with Gasteiger partial charge in [-0.25, -0.2) is 0 Å². The minimum atomic E-state index is -0.134. The largest absolute Gasteiger partial charge is 0.370 e. The maximum atomic E-state index is 6.37. The van der Waals surface area contributed by atoms with Crippen molar-refractivity contribution in [3.05, 3.63) is 29.8 Å². The van der Waals surface area contributed by atoms with E-state index in [1.54, 1.807) is 0 Å². The third-order valence-corrected chi connectivity index (χ3v) is 4.66. The molecule has 0 aromatic heterocycles. The summed E-state index contributed by atoms with van der Waals surface area (Å²) in [5.41, 5.74) is 9.11. The van der Waals surface area contributed by atoms with Gasteiger partial charge in [-0.1, -0.05) is 24.6 Å². The lowest BCUT2D eigenvalue weighted by molar-refractivity contribution is 0.314. The molecule has 1 aliphatic heterocycles. The Bertz CT molecular complexity index is 429. The highest BCUT2D eigenvalue weighted by atomic mass is 15.2. The van der Waals surface area contributed by atoms with Gasteiger partial charge in [0.1, 0.15) is 0 Å². The molecule has 2 heteroatoms. The van der Waals surface area contributed by atoms with Gasteiger partial charge in [0, 0.05) is 30.2 Å². The molecule has 1 fully saturated rings. The van der Waals surface area contributed by atoms with Crippen molar-refractivity contribution in [2.24, 2.45) is 11.7 Å². The first-order valence-electron chi connectivity index (χ1n) is 7.18. The van der Waals surface area contributed by atoms with Crippen molar-refractivity contribution < 1.29 is 0 Å². The Morgan fingerprint density at radius 3 is 2.61 bits per heavy atom. The molecule has 1 heterocycles. The molecule has 1 unspecified atom stereocenters. The summed E-state index contributed by atoms with van der Waals surface area (Å²) in [6.45, 7) is 6.63. The zero-order chi connectivity index (χ0) is 12.8. The van der Waals surface area contributed by atoms with E-state index in [9.17, 15) is 0 Å². The van der Waals surface area contributed by atoms with Crippen molar-refractivity contribution in [1.29, 1.82) is 0 Å². The Kier molecular flexibility index (Phi) is 2.86. The van der Waals surface area contributed by atoms with Crippen LogP contribution < -0.4 is 10.6 Å². The van der Waals surface area contributed by atoms with Gasteiger partial charge in [-0.15, -0.1) is 0 Å². The summed E-state index contributed by atoms with van der Waals surface area (Å²) in [5.74, 6) is 1.38. The zero-order valence-electron chi connectivity index (χ0n) is 11.5. The second-order valence-electron chi connectivity index (χ2n) is 6.63. The molecular formula is C16H24N2. The van der Waals surface area contributed by atoms with E-state index < -0.39 is 0 Å². The Hall–Kier alpha value is -1.02. The summed E-state index contributed by atoms with van der Waals surface area (Å²) < 4.78 is 0. The first-order valence-corrected chi connectivity index (χ1v) is 7.18. The number of nitrogens with zero attached hydrogens (tertiary/aromatic N) is 1. The topological polar surface area (TPSA) is 29.3 Å². The quantitative estimate of drug-likeness (QED) is 0.885. The van der Waals surface area contributed by atoms with E-state index >= 15 is 0 Å². The summed E-state index contributed by atoms with van der Waals surface area (Å²) >= 11 is 0. The van der Waals surface area contributed by atoms with E-state index in [0.29, 0.717) is 5.92 Å². The highest BCUT2D eigenvalue weighted by Gasteiger charge is 2.37. The fourth-order valence-electron chi connectivity index (χ4n) is 3.28. The second kappa shape index (κ2) is 4.27. The van der Waals surface area contributed by atoms with Crippen molar-refractivity contribution in [1.82, 2.24) is 0 Å². The maximum absolute atomic E-state index is 6.37. The van der Waals surface area contributed by atoms with E-state index in [1.165, 1.54) is 37.1 Å². The predicted molar refractivity (Wildman–Crippen MR) is 77.0 cm³/mol. The van der Waals surface area contributed by atoms with E-state index in [-0.39, 0.29) is 5.54 Å². The number of para-hydroxylation sites is 1. The summed E-state index contributed by atoms with van der Waals surface area (Å²) in [6.07, 6.45) is 4.25. The molecule has 0 radical (unpaired) electrons. The minimum Gasteiger partial charge on any atom is -0.370 e. The summed E-state index contributed by atoms with van der Waals surface area (Å²) in [5, 5.41) is 0. The molecule has 1 aliphatic carbocycles. The highest BCUT2D eigenvalue weighted by Crippen LogP contribution is 2.42. The van der Waals surface area contributed by atoms with Crippen LogP contribution >= 0.6 is 0 Å². The molecule has 18 heavy (non-hydrogen) atoms. The molecule has 0 amide bonds. The summed E-state index contributed by atoms with van der Waals surface area (Å²) in [4.78, 5) is 2.57. The number of nitrogens with two attached hydrogens (primary N) is 1. The molecule has 0 saturated heterocycles. The van der Waals surface area contributed by atoms with Gasteiger partial charge >= 0.3 is 0 Å². The molecule has 98 valence electrons. The lowest BCUT2D eigenvalue weighted by Gasteiger charge is -2.33. The third kappa shape index (κ3) is 2.03. The number of hydrogen-bond donors (Lipinski definition) is 1. The van der Waals surface area contributed by atoms with Gasteiger partial charge < -0.3 is 10.6 Å². The van der Waals surface area contributed by atoms with Gasteiger partial charge in [-0.2, -0.15) is 0 Å². The van der Waals surface area contributed by atoms with E-state index in [1.807, 2.05) is 0 Å². The van der Waals surface area contributed by atoms with Crippen molar-refractivity contribution in [3.8, 4) is 0 Å². The van der Waals surface area contributed by atoms with E-state index in [0.717, 1.165) is 12.5 Å². The highest BCUT2D eigenvalue weighted by molar-refractivity contribution is 5.61. The average Bonchev–Trinajstić information content (AvgIpc) is 2.62. The van der Waals surface area contributed by atoms with Crippen LogP contribution in [0.2, 0.25) is 0 Å². The van der Waals surface area contributed by atoms with Gasteiger partial charge in [0.15, 0.2) is 0 Å². The number of fused-ring (bicyclic) bond motifs is 1. The molecular weight excluding hydrogens is 220 g/mol. The minimum absolute atomic E-state index is 0.134. The summed E-state index contributed by atoms with van der Waals surface area (Å²) in [7, 11) is 0. The fourth-order valence-corrected chi connectivity index (χ4v) is 3.28. The van der Waals surface area contributed by atoms with Crippen LogP contribution in [-0.2, 0) is 0 Å². The molecule has 1 saturated carbocycles. The van der Waals surface area contributed by atoms with Crippen LogP contribution in [0.4, 0.5) is 5.69 Å². The lowest BCUT2D eigenvalue weighted by atomic mass is 9.84. The van der Waals surface area contributed by atoms with Crippen LogP contribution in [0, 0.1) is 5.92 Å². The molecule has 0 spiro atoms. The lowest BCUT2D eigenvalue weighted by Crippen LogP contribution is -2.42. The maximum Gasteiger partial charge on any atom is 0.0403 e. The van der Waals surface area contributed by atoms with Crippen LogP contribution in [0.15, 0.2) is 24.3 Å². The Morgan fingerprint density at radius 1 is 1.28 bits per heavy atom. The predicted octanol–water partition coefficient (Wildman–Crippen LogP) is 3.13. The van der Waals surface area contributed by atoms with Gasteiger partial charge in [-0.05, 0) is 44.2 Å². The molecule has 2 N–H and O–H groups in total. The van der Waals surface area contributed by atoms with Crippen LogP contribution in [0.5, 0.6) is 0 Å². The van der Waals surface area contributed by atoms with Gasteiger partial charge in [0.2, 0.25) is 0 Å². The standard InChI is InChI=1S/C16H24N2/c1-16(2,17)14-11-18(10-12-6-5-7-12)15-9-4-3-8-13(14)15/h3-4,8-9,12,14H,5-7,10-11,17H2,1-2H3. The van der Waals surface area contributed by atoms with E-state index in [2.05, 4.69) is 43.0 Å². The molecule has 0 bridgehead atoms. The summed E-state index contributed by atoms with van der Waals surface area (Å²) in [6, 6.07) is 8.82. The monoisotopic (exact) mass is 244 g/mol. The Labute approximate surface area is 110 Å². The van der Waals surface area contributed by atoms with Crippen LogP contribution in [0.25, 0.3) is 0 Å². The second-order valence-corrected chi connectivity index (χ2v) is 6.63. The SMILES string of the molecule is CC(C)(N)C1CN(CC2CCC2)c2ccccc21. The van der Waals surface area contributed by atoms with Crippen molar-refractivity contribution in [2.45, 2.75) is 44.6 Å². The van der Waals surface area contributed by atoms with Gasteiger partial charge in [0.05, 0.1) is 0 Å².